The molecule has 1 atom stereocenters. The Kier molecular flexibility index (Phi) is 4.52. The molecule has 2 aliphatic heterocycles. The van der Waals surface area contributed by atoms with Crippen LogP contribution in [0.5, 0.6) is 0 Å². The van der Waals surface area contributed by atoms with Gasteiger partial charge < -0.3 is 9.47 Å². The molecule has 150 valence electrons. The van der Waals surface area contributed by atoms with Crippen LogP contribution in [-0.4, -0.2) is 56.7 Å². The van der Waals surface area contributed by atoms with E-state index < -0.39 is 0 Å². The number of thiophene rings is 1. The minimum Gasteiger partial charge on any atom is -0.337 e. The van der Waals surface area contributed by atoms with Gasteiger partial charge in [-0.1, -0.05) is 30.3 Å². The van der Waals surface area contributed by atoms with E-state index in [2.05, 4.69) is 45.4 Å². The zero-order valence-corrected chi connectivity index (χ0v) is 17.6. The number of carbonyl (C=O) groups excluding carboxylic acids is 1. The molecular formula is C22H25N5OS. The van der Waals surface area contributed by atoms with Gasteiger partial charge in [0.2, 0.25) is 0 Å². The molecule has 1 unspecified atom stereocenters. The van der Waals surface area contributed by atoms with E-state index in [-0.39, 0.29) is 17.2 Å². The summed E-state index contributed by atoms with van der Waals surface area (Å²) in [5, 5.41) is 10.6. The highest BCUT2D eigenvalue weighted by Crippen LogP contribution is 2.49. The highest BCUT2D eigenvalue weighted by Gasteiger charge is 2.57. The van der Waals surface area contributed by atoms with E-state index in [0.717, 1.165) is 49.0 Å². The minimum atomic E-state index is 0.0520. The molecular weight excluding hydrogens is 382 g/mol. The van der Waals surface area contributed by atoms with Crippen LogP contribution in [0.3, 0.4) is 0 Å². The third-order valence-corrected chi connectivity index (χ3v) is 7.39. The fourth-order valence-electron chi connectivity index (χ4n) is 4.91. The van der Waals surface area contributed by atoms with Gasteiger partial charge in [-0.25, -0.2) is 0 Å². The molecule has 0 bridgehead atoms. The van der Waals surface area contributed by atoms with Crippen LogP contribution in [0.25, 0.3) is 0 Å². The minimum absolute atomic E-state index is 0.0520. The monoisotopic (exact) mass is 407 g/mol. The van der Waals surface area contributed by atoms with Crippen LogP contribution in [-0.2, 0) is 13.6 Å². The first-order chi connectivity index (χ1) is 14.1. The van der Waals surface area contributed by atoms with Crippen LogP contribution >= 0.6 is 11.3 Å². The summed E-state index contributed by atoms with van der Waals surface area (Å²) in [5.41, 5.74) is 2.45. The Bertz CT molecular complexity index is 1020. The maximum Gasteiger partial charge on any atom is 0.264 e. The molecule has 2 aliphatic rings. The maximum absolute atomic E-state index is 13.0. The fourth-order valence-corrected chi connectivity index (χ4v) is 5.80. The summed E-state index contributed by atoms with van der Waals surface area (Å²) < 4.78 is 2.03. The van der Waals surface area contributed by atoms with Crippen molar-refractivity contribution < 1.29 is 4.79 Å². The summed E-state index contributed by atoms with van der Waals surface area (Å²) >= 11 is 1.54. The van der Waals surface area contributed by atoms with Crippen molar-refractivity contribution in [1.29, 1.82) is 0 Å². The largest absolute Gasteiger partial charge is 0.337 e. The number of aromatic nitrogens is 3. The smallest absolute Gasteiger partial charge is 0.264 e. The molecule has 3 aromatic rings. The predicted octanol–water partition coefficient (Wildman–Crippen LogP) is 2.93. The Balaban J connectivity index is 1.37. The Morgan fingerprint density at radius 2 is 2.00 bits per heavy atom. The zero-order valence-electron chi connectivity index (χ0n) is 16.8. The van der Waals surface area contributed by atoms with Crippen molar-refractivity contribution in [3.05, 3.63) is 69.9 Å². The summed E-state index contributed by atoms with van der Waals surface area (Å²) in [6, 6.07) is 12.6. The van der Waals surface area contributed by atoms with Crippen LogP contribution in [0.1, 0.15) is 32.5 Å². The van der Waals surface area contributed by atoms with Crippen molar-refractivity contribution in [2.45, 2.75) is 19.4 Å². The van der Waals surface area contributed by atoms with E-state index in [1.807, 2.05) is 34.9 Å². The number of rotatable bonds is 4. The lowest BCUT2D eigenvalue weighted by molar-refractivity contribution is 0.00173. The quantitative estimate of drug-likeness (QED) is 0.667. The average Bonchev–Trinajstić information content (AvgIpc) is 3.39. The van der Waals surface area contributed by atoms with E-state index in [0.29, 0.717) is 0 Å². The molecule has 2 saturated heterocycles. The van der Waals surface area contributed by atoms with Gasteiger partial charge in [0, 0.05) is 51.1 Å². The molecule has 0 aliphatic carbocycles. The van der Waals surface area contributed by atoms with Crippen molar-refractivity contribution in [3.8, 4) is 0 Å². The Hall–Kier alpha value is -2.51. The van der Waals surface area contributed by atoms with Gasteiger partial charge >= 0.3 is 0 Å². The van der Waals surface area contributed by atoms with Crippen molar-refractivity contribution in [2.75, 3.05) is 26.2 Å². The lowest BCUT2D eigenvalue weighted by Crippen LogP contribution is -2.61. The van der Waals surface area contributed by atoms with Gasteiger partial charge in [0.1, 0.15) is 12.2 Å². The molecule has 0 radical (unpaired) electrons. The fraction of sp³-hybridized carbons (Fsp3) is 0.409. The van der Waals surface area contributed by atoms with Gasteiger partial charge in [0.25, 0.3) is 5.91 Å². The standard InChI is InChI=1S/C22H25N5OS/c1-16-8-9-29-19(16)21(28)27-13-22(14-27)12-26(10-17-6-4-3-5-7-17)11-18(22)20-24-23-15-25(20)2/h3-9,15,18H,10-14H2,1-2H3. The molecule has 1 aromatic carbocycles. The van der Waals surface area contributed by atoms with Crippen LogP contribution in [0.2, 0.25) is 0 Å². The first-order valence-corrected chi connectivity index (χ1v) is 10.9. The molecule has 2 fully saturated rings. The summed E-state index contributed by atoms with van der Waals surface area (Å²) in [5.74, 6) is 1.48. The molecule has 4 heterocycles. The third-order valence-electron chi connectivity index (χ3n) is 6.38. The molecule has 5 rings (SSSR count). The average molecular weight is 408 g/mol. The Morgan fingerprint density at radius 1 is 1.21 bits per heavy atom. The third kappa shape index (κ3) is 3.18. The van der Waals surface area contributed by atoms with Crippen molar-refractivity contribution >= 4 is 17.2 Å². The first kappa shape index (κ1) is 18.5. The molecule has 0 saturated carbocycles. The zero-order chi connectivity index (χ0) is 20.0. The summed E-state index contributed by atoms with van der Waals surface area (Å²) in [4.78, 5) is 18.4. The van der Waals surface area contributed by atoms with E-state index in [1.54, 1.807) is 17.7 Å². The van der Waals surface area contributed by atoms with Gasteiger partial charge in [0.05, 0.1) is 4.88 Å². The second kappa shape index (κ2) is 7.07. The number of hydrogen-bond donors (Lipinski definition) is 0. The van der Waals surface area contributed by atoms with Gasteiger partial charge in [0.15, 0.2) is 0 Å². The highest BCUT2D eigenvalue weighted by atomic mass is 32.1. The molecule has 1 amide bonds. The van der Waals surface area contributed by atoms with Crippen LogP contribution < -0.4 is 0 Å². The van der Waals surface area contributed by atoms with E-state index in [1.165, 1.54) is 5.56 Å². The van der Waals surface area contributed by atoms with Gasteiger partial charge in [-0.2, -0.15) is 0 Å². The first-order valence-electron chi connectivity index (χ1n) is 9.99. The molecule has 1 spiro atoms. The normalized spacial score (nSPS) is 20.9. The SMILES string of the molecule is Cc1ccsc1C(=O)N1CC2(CN(Cc3ccccc3)CC2c2nncn2C)C1. The number of benzene rings is 1. The molecule has 29 heavy (non-hydrogen) atoms. The highest BCUT2D eigenvalue weighted by molar-refractivity contribution is 7.12. The number of likely N-dealkylation sites (tertiary alicyclic amines) is 2. The molecule has 7 heteroatoms. The summed E-state index contributed by atoms with van der Waals surface area (Å²) in [7, 11) is 2.01. The number of aryl methyl sites for hydroxylation is 2. The number of amides is 1. The Labute approximate surface area is 174 Å². The number of carbonyl (C=O) groups is 1. The van der Waals surface area contributed by atoms with Crippen LogP contribution in [0.15, 0.2) is 48.1 Å². The maximum atomic E-state index is 13.0. The van der Waals surface area contributed by atoms with E-state index in [9.17, 15) is 4.79 Å². The van der Waals surface area contributed by atoms with Gasteiger partial charge in [-0.05, 0) is 29.5 Å². The molecule has 2 aromatic heterocycles. The summed E-state index contributed by atoms with van der Waals surface area (Å²) in [6.45, 7) is 6.43. The van der Waals surface area contributed by atoms with Crippen LogP contribution in [0.4, 0.5) is 0 Å². The second-order valence-electron chi connectivity index (χ2n) is 8.46. The van der Waals surface area contributed by atoms with E-state index >= 15 is 0 Å². The topological polar surface area (TPSA) is 54.3 Å². The Morgan fingerprint density at radius 3 is 2.66 bits per heavy atom. The van der Waals surface area contributed by atoms with Crippen molar-refractivity contribution in [2.24, 2.45) is 12.5 Å². The molecule has 0 N–H and O–H groups in total. The lowest BCUT2D eigenvalue weighted by atomic mass is 9.71. The second-order valence-corrected chi connectivity index (χ2v) is 9.38. The number of nitrogens with zero attached hydrogens (tertiary/aromatic N) is 5. The number of hydrogen-bond acceptors (Lipinski definition) is 5. The molecule has 6 nitrogen and oxygen atoms in total. The van der Waals surface area contributed by atoms with Crippen molar-refractivity contribution in [1.82, 2.24) is 24.6 Å². The lowest BCUT2D eigenvalue weighted by Gasteiger charge is -2.50. The summed E-state index contributed by atoms with van der Waals surface area (Å²) in [6.07, 6.45) is 1.78. The van der Waals surface area contributed by atoms with Gasteiger partial charge in [-0.15, -0.1) is 21.5 Å². The predicted molar refractivity (Wildman–Crippen MR) is 113 cm³/mol. The van der Waals surface area contributed by atoms with Gasteiger partial charge in [-0.3, -0.25) is 9.69 Å². The van der Waals surface area contributed by atoms with Crippen molar-refractivity contribution in [3.63, 3.8) is 0 Å². The van der Waals surface area contributed by atoms with E-state index in [4.69, 9.17) is 0 Å². The van der Waals surface area contributed by atoms with Crippen LogP contribution in [0, 0.1) is 12.3 Å².